The number of anilines is 2. The number of rotatable bonds is 3. The maximum Gasteiger partial charge on any atom is 0.233 e. The highest BCUT2D eigenvalue weighted by molar-refractivity contribution is 5.96. The molecule has 170 valence electrons. The van der Waals surface area contributed by atoms with Crippen molar-refractivity contribution in [2.75, 3.05) is 62.7 Å². The molecule has 5 heterocycles. The minimum atomic E-state index is -1.04. The van der Waals surface area contributed by atoms with Gasteiger partial charge in [0.1, 0.15) is 11.9 Å². The molecule has 0 spiro atoms. The molecule has 0 saturated carbocycles. The minimum absolute atomic E-state index is 0.148. The van der Waals surface area contributed by atoms with Crippen LogP contribution in [0, 0.1) is 11.7 Å². The number of carbonyl (C=O) groups excluding carboxylic acids is 1. The Morgan fingerprint density at radius 3 is 3.03 bits per heavy atom. The number of morpholine rings is 1. The molecule has 5 atom stereocenters. The van der Waals surface area contributed by atoms with Gasteiger partial charge >= 0.3 is 0 Å². The zero-order chi connectivity index (χ0) is 21.5. The molecule has 0 aromatic carbocycles. The van der Waals surface area contributed by atoms with Gasteiger partial charge in [-0.25, -0.2) is 19.2 Å². The summed E-state index contributed by atoms with van der Waals surface area (Å²) in [5.41, 5.74) is 9.71. The van der Waals surface area contributed by atoms with Crippen molar-refractivity contribution in [2.24, 2.45) is 11.7 Å². The number of hydrazine groups is 1. The van der Waals surface area contributed by atoms with Crippen LogP contribution in [0.4, 0.5) is 20.2 Å². The summed E-state index contributed by atoms with van der Waals surface area (Å²) in [6, 6.07) is 0.180. The first-order valence-corrected chi connectivity index (χ1v) is 10.7. The number of hydrogen-bond acceptors (Lipinski definition) is 9. The van der Waals surface area contributed by atoms with Crippen LogP contribution in [0.25, 0.3) is 0 Å². The van der Waals surface area contributed by atoms with Crippen molar-refractivity contribution in [3.63, 3.8) is 0 Å². The third-order valence-corrected chi connectivity index (χ3v) is 6.51. The number of alkyl halides is 1. The predicted octanol–water partition coefficient (Wildman–Crippen LogP) is -1.33. The number of nitrogens with zero attached hydrogens (tertiary/aromatic N) is 4. The number of carbonyl (C=O) groups is 1. The molecular weight excluding hydrogens is 410 g/mol. The molecule has 0 radical (unpaired) electrons. The van der Waals surface area contributed by atoms with E-state index < -0.39 is 30.2 Å². The van der Waals surface area contributed by atoms with Crippen molar-refractivity contribution in [2.45, 2.75) is 24.5 Å². The van der Waals surface area contributed by atoms with Gasteiger partial charge in [-0.1, -0.05) is 0 Å². The molecule has 4 unspecified atom stereocenters. The van der Waals surface area contributed by atoms with E-state index in [1.165, 1.54) is 6.20 Å². The molecular formula is C19H28F2N8O2. The lowest BCUT2D eigenvalue weighted by Gasteiger charge is -2.44. The molecule has 1 aromatic heterocycles. The molecule has 31 heavy (non-hydrogen) atoms. The number of piperazine rings is 1. The number of fused-ring (bicyclic) bond motifs is 2. The summed E-state index contributed by atoms with van der Waals surface area (Å²) in [6.45, 7) is 4.53. The predicted molar refractivity (Wildman–Crippen MR) is 109 cm³/mol. The average molecular weight is 438 g/mol. The van der Waals surface area contributed by atoms with Gasteiger partial charge in [0.25, 0.3) is 0 Å². The first-order valence-electron chi connectivity index (χ1n) is 10.7. The van der Waals surface area contributed by atoms with E-state index in [2.05, 4.69) is 25.9 Å². The number of nitrogens with two attached hydrogens (primary N) is 1. The molecule has 4 aliphatic rings. The van der Waals surface area contributed by atoms with E-state index in [0.717, 1.165) is 19.3 Å². The van der Waals surface area contributed by atoms with E-state index in [9.17, 15) is 13.6 Å². The lowest BCUT2D eigenvalue weighted by Crippen LogP contribution is -2.58. The van der Waals surface area contributed by atoms with E-state index in [1.807, 2.05) is 4.90 Å². The fourth-order valence-electron chi connectivity index (χ4n) is 4.99. The summed E-state index contributed by atoms with van der Waals surface area (Å²) >= 11 is 0. The highest BCUT2D eigenvalue weighted by Gasteiger charge is 2.47. The van der Waals surface area contributed by atoms with Gasteiger partial charge in [-0.15, -0.1) is 0 Å². The van der Waals surface area contributed by atoms with Crippen LogP contribution >= 0.6 is 0 Å². The maximum atomic E-state index is 14.9. The molecule has 5 rings (SSSR count). The van der Waals surface area contributed by atoms with Gasteiger partial charge in [0, 0.05) is 39.3 Å². The van der Waals surface area contributed by atoms with Gasteiger partial charge < -0.3 is 20.7 Å². The fraction of sp³-hybridized carbons (Fsp3) is 0.684. The van der Waals surface area contributed by atoms with Crippen LogP contribution in [0.2, 0.25) is 0 Å². The van der Waals surface area contributed by atoms with Crippen LogP contribution in [0.5, 0.6) is 0 Å². The summed E-state index contributed by atoms with van der Waals surface area (Å²) in [5.74, 6) is -1.53. The van der Waals surface area contributed by atoms with Gasteiger partial charge in [-0.05, 0) is 0 Å². The second-order valence-electron chi connectivity index (χ2n) is 8.50. The average Bonchev–Trinajstić information content (AvgIpc) is 3.08. The number of aromatic nitrogens is 1. The van der Waals surface area contributed by atoms with Crippen LogP contribution in [0.3, 0.4) is 0 Å². The number of ether oxygens (including phenoxy) is 1. The highest BCUT2D eigenvalue weighted by atomic mass is 19.1. The molecule has 1 amide bonds. The third-order valence-electron chi connectivity index (χ3n) is 6.51. The van der Waals surface area contributed by atoms with Crippen LogP contribution in [0.1, 0.15) is 0 Å². The SMILES string of the molecule is NC1NN2CC(F)CNC2C1C(=O)Nc1cncc(F)c1N1CCN2CCOC[C@H]2C1. The second kappa shape index (κ2) is 8.52. The third kappa shape index (κ3) is 3.99. The van der Waals surface area contributed by atoms with Crippen molar-refractivity contribution in [1.82, 2.24) is 25.6 Å². The Bertz CT molecular complexity index is 832. The Hall–Kier alpha value is -1.96. The van der Waals surface area contributed by atoms with Gasteiger partial charge in [0.15, 0.2) is 5.82 Å². The summed E-state index contributed by atoms with van der Waals surface area (Å²) in [6.07, 6.45) is 0.450. The molecule has 0 aliphatic carbocycles. The topological polar surface area (TPSA) is 111 Å². The smallest absolute Gasteiger partial charge is 0.233 e. The molecule has 0 bridgehead atoms. The van der Waals surface area contributed by atoms with Gasteiger partial charge in [-0.3, -0.25) is 20.0 Å². The normalized spacial score (nSPS) is 34.3. The standard InChI is InChI=1S/C19H28F2N8O2/c20-11-5-24-18-15(17(22)26-29(18)8-11)19(30)25-14-7-23-6-13(21)16(14)28-2-1-27-3-4-31-10-12(27)9-28/h6-7,11-12,15,17-18,24,26H,1-5,8-10,22H2,(H,25,30)/t11?,12-,15?,17?,18?/m1/s1. The van der Waals surface area contributed by atoms with Gasteiger partial charge in [-0.2, -0.15) is 0 Å². The zero-order valence-electron chi connectivity index (χ0n) is 17.1. The zero-order valence-corrected chi connectivity index (χ0v) is 17.1. The van der Waals surface area contributed by atoms with E-state index in [1.54, 1.807) is 5.01 Å². The number of pyridine rings is 1. The van der Waals surface area contributed by atoms with E-state index >= 15 is 0 Å². The van der Waals surface area contributed by atoms with Crippen molar-refractivity contribution >= 4 is 17.3 Å². The Labute approximate surface area is 179 Å². The Morgan fingerprint density at radius 2 is 2.16 bits per heavy atom. The van der Waals surface area contributed by atoms with E-state index in [-0.39, 0.29) is 25.0 Å². The first-order chi connectivity index (χ1) is 15.0. The van der Waals surface area contributed by atoms with Crippen molar-refractivity contribution in [1.29, 1.82) is 0 Å². The number of amides is 1. The maximum absolute atomic E-state index is 14.9. The second-order valence-corrected chi connectivity index (χ2v) is 8.50. The van der Waals surface area contributed by atoms with Crippen molar-refractivity contribution in [3.05, 3.63) is 18.2 Å². The lowest BCUT2D eigenvalue weighted by atomic mass is 10.0. The molecule has 4 fully saturated rings. The monoisotopic (exact) mass is 438 g/mol. The van der Waals surface area contributed by atoms with Crippen LogP contribution in [0.15, 0.2) is 12.4 Å². The highest BCUT2D eigenvalue weighted by Crippen LogP contribution is 2.32. The summed E-state index contributed by atoms with van der Waals surface area (Å²) in [5, 5.41) is 7.48. The van der Waals surface area contributed by atoms with Crippen LogP contribution in [-0.4, -0.2) is 97.8 Å². The molecule has 12 heteroatoms. The number of nitrogens with one attached hydrogen (secondary N) is 3. The molecule has 4 aliphatic heterocycles. The molecule has 10 nitrogen and oxygen atoms in total. The summed E-state index contributed by atoms with van der Waals surface area (Å²) in [7, 11) is 0. The van der Waals surface area contributed by atoms with Crippen molar-refractivity contribution < 1.29 is 18.3 Å². The Kier molecular flexibility index (Phi) is 5.75. The van der Waals surface area contributed by atoms with Gasteiger partial charge in [0.05, 0.1) is 55.6 Å². The fourth-order valence-corrected chi connectivity index (χ4v) is 4.99. The number of hydrogen-bond donors (Lipinski definition) is 4. The Morgan fingerprint density at radius 1 is 1.29 bits per heavy atom. The van der Waals surface area contributed by atoms with Crippen LogP contribution < -0.4 is 26.7 Å². The van der Waals surface area contributed by atoms with E-state index in [0.29, 0.717) is 37.7 Å². The van der Waals surface area contributed by atoms with E-state index in [4.69, 9.17) is 10.5 Å². The molecule has 1 aromatic rings. The first kappa shape index (κ1) is 20.9. The number of halogens is 2. The lowest BCUT2D eigenvalue weighted by molar-refractivity contribution is -0.121. The minimum Gasteiger partial charge on any atom is -0.378 e. The summed E-state index contributed by atoms with van der Waals surface area (Å²) in [4.78, 5) is 21.4. The van der Waals surface area contributed by atoms with Crippen LogP contribution in [-0.2, 0) is 9.53 Å². The molecule has 4 saturated heterocycles. The quantitative estimate of drug-likeness (QED) is 0.456. The van der Waals surface area contributed by atoms with Crippen molar-refractivity contribution in [3.8, 4) is 0 Å². The summed E-state index contributed by atoms with van der Waals surface area (Å²) < 4.78 is 34.1. The largest absolute Gasteiger partial charge is 0.378 e. The van der Waals surface area contributed by atoms with Gasteiger partial charge in [0.2, 0.25) is 5.91 Å². The molecule has 5 N–H and O–H groups in total. The Balaban J connectivity index is 1.34.